The lowest BCUT2D eigenvalue weighted by atomic mass is 9.82. The largest absolute Gasteiger partial charge is 0.481 e. The third-order valence-corrected chi connectivity index (χ3v) is 4.90. The summed E-state index contributed by atoms with van der Waals surface area (Å²) in [6.45, 7) is 8.79. The molecule has 23 heavy (non-hydrogen) atoms. The third kappa shape index (κ3) is 6.15. The van der Waals surface area contributed by atoms with Crippen LogP contribution in [-0.4, -0.2) is 23.7 Å². The lowest BCUT2D eigenvalue weighted by Crippen LogP contribution is -2.45. The van der Waals surface area contributed by atoms with Crippen molar-refractivity contribution in [1.29, 1.82) is 0 Å². The maximum absolute atomic E-state index is 11.7. The first-order valence-corrected chi connectivity index (χ1v) is 8.92. The van der Waals surface area contributed by atoms with Crippen LogP contribution in [0.15, 0.2) is 24.3 Å². The number of hydrogen-bond acceptors (Lipinski definition) is 2. The van der Waals surface area contributed by atoms with Crippen molar-refractivity contribution in [2.45, 2.75) is 59.4 Å². The van der Waals surface area contributed by atoms with Crippen LogP contribution in [0.1, 0.15) is 52.5 Å². The van der Waals surface area contributed by atoms with E-state index in [1.807, 2.05) is 32.0 Å². The SMILES string of the molecule is CCC(CC)(CNC(Cc1cccc(Cl)c1)CC(C)C)C(=O)O. The summed E-state index contributed by atoms with van der Waals surface area (Å²) in [5.41, 5.74) is 0.508. The summed E-state index contributed by atoms with van der Waals surface area (Å²) >= 11 is 6.07. The molecular weight excluding hydrogens is 310 g/mol. The van der Waals surface area contributed by atoms with E-state index in [-0.39, 0.29) is 6.04 Å². The highest BCUT2D eigenvalue weighted by atomic mass is 35.5. The van der Waals surface area contributed by atoms with E-state index in [9.17, 15) is 9.90 Å². The minimum Gasteiger partial charge on any atom is -0.481 e. The third-order valence-electron chi connectivity index (χ3n) is 4.66. The summed E-state index contributed by atoms with van der Waals surface area (Å²) in [7, 11) is 0. The number of halogens is 1. The topological polar surface area (TPSA) is 49.3 Å². The van der Waals surface area contributed by atoms with Gasteiger partial charge in [-0.1, -0.05) is 51.4 Å². The lowest BCUT2D eigenvalue weighted by Gasteiger charge is -2.30. The van der Waals surface area contributed by atoms with Crippen molar-refractivity contribution in [3.8, 4) is 0 Å². The van der Waals surface area contributed by atoms with Crippen LogP contribution in [-0.2, 0) is 11.2 Å². The summed E-state index contributed by atoms with van der Waals surface area (Å²) in [5.74, 6) is -0.157. The van der Waals surface area contributed by atoms with Crippen LogP contribution in [0.2, 0.25) is 5.02 Å². The smallest absolute Gasteiger partial charge is 0.310 e. The normalized spacial score (nSPS) is 13.3. The average molecular weight is 340 g/mol. The highest BCUT2D eigenvalue weighted by Crippen LogP contribution is 2.26. The van der Waals surface area contributed by atoms with Gasteiger partial charge in [0.15, 0.2) is 0 Å². The summed E-state index contributed by atoms with van der Waals surface area (Å²) in [6.07, 6.45) is 3.15. The maximum Gasteiger partial charge on any atom is 0.310 e. The summed E-state index contributed by atoms with van der Waals surface area (Å²) in [6, 6.07) is 8.15. The predicted octanol–water partition coefficient (Wildman–Crippen LogP) is 4.78. The van der Waals surface area contributed by atoms with Gasteiger partial charge in [-0.3, -0.25) is 4.79 Å². The molecule has 3 nitrogen and oxygen atoms in total. The Bertz CT molecular complexity index is 498. The fraction of sp³-hybridized carbons (Fsp3) is 0.632. The molecule has 2 N–H and O–H groups in total. The van der Waals surface area contributed by atoms with Gasteiger partial charge in [0.1, 0.15) is 0 Å². The van der Waals surface area contributed by atoms with Crippen molar-refractivity contribution in [1.82, 2.24) is 5.32 Å². The second-order valence-electron chi connectivity index (χ2n) is 6.83. The van der Waals surface area contributed by atoms with Crippen molar-refractivity contribution in [2.24, 2.45) is 11.3 Å². The van der Waals surface area contributed by atoms with E-state index in [0.717, 1.165) is 17.9 Å². The van der Waals surface area contributed by atoms with Gasteiger partial charge < -0.3 is 10.4 Å². The molecule has 1 rings (SSSR count). The molecule has 1 aromatic carbocycles. The summed E-state index contributed by atoms with van der Waals surface area (Å²) in [5, 5.41) is 13.8. The fourth-order valence-electron chi connectivity index (χ4n) is 2.97. The number of nitrogens with one attached hydrogen (secondary N) is 1. The Kier molecular flexibility index (Phi) is 8.07. The first kappa shape index (κ1) is 20.0. The first-order valence-electron chi connectivity index (χ1n) is 8.54. The van der Waals surface area contributed by atoms with Crippen molar-refractivity contribution in [2.75, 3.05) is 6.54 Å². The van der Waals surface area contributed by atoms with E-state index in [1.54, 1.807) is 0 Å². The maximum atomic E-state index is 11.7. The molecule has 0 bridgehead atoms. The number of hydrogen-bond donors (Lipinski definition) is 2. The van der Waals surface area contributed by atoms with Crippen LogP contribution in [0.3, 0.4) is 0 Å². The second kappa shape index (κ2) is 9.29. The van der Waals surface area contributed by atoms with Crippen LogP contribution < -0.4 is 5.32 Å². The molecule has 0 aliphatic carbocycles. The number of carbonyl (C=O) groups is 1. The molecule has 0 aromatic heterocycles. The number of carboxylic acid groups (broad SMARTS) is 1. The minimum absolute atomic E-state index is 0.255. The van der Waals surface area contributed by atoms with Gasteiger partial charge in [-0.05, 0) is 49.3 Å². The van der Waals surface area contributed by atoms with Gasteiger partial charge in [0.2, 0.25) is 0 Å². The van der Waals surface area contributed by atoms with Crippen LogP contribution in [0, 0.1) is 11.3 Å². The molecule has 0 fully saturated rings. The monoisotopic (exact) mass is 339 g/mol. The summed E-state index contributed by atoms with van der Waals surface area (Å²) in [4.78, 5) is 11.7. The lowest BCUT2D eigenvalue weighted by molar-refractivity contribution is -0.149. The molecule has 130 valence electrons. The van der Waals surface area contributed by atoms with Gasteiger partial charge in [0.05, 0.1) is 5.41 Å². The van der Waals surface area contributed by atoms with Crippen LogP contribution >= 0.6 is 11.6 Å². The van der Waals surface area contributed by atoms with E-state index < -0.39 is 11.4 Å². The van der Waals surface area contributed by atoms with E-state index in [1.165, 1.54) is 5.56 Å². The molecule has 0 aliphatic rings. The molecule has 0 saturated carbocycles. The number of rotatable bonds is 10. The highest BCUT2D eigenvalue weighted by Gasteiger charge is 2.35. The summed E-state index contributed by atoms with van der Waals surface area (Å²) < 4.78 is 0. The Hall–Kier alpha value is -1.06. The second-order valence-corrected chi connectivity index (χ2v) is 7.27. The molecule has 4 heteroatoms. The Morgan fingerprint density at radius 2 is 1.96 bits per heavy atom. The standard InChI is InChI=1S/C19H30ClNO2/c1-5-19(6-2,18(22)23)13-21-17(10-14(3)4)12-15-8-7-9-16(20)11-15/h7-9,11,14,17,21H,5-6,10,12-13H2,1-4H3,(H,22,23). The van der Waals surface area contributed by atoms with E-state index in [4.69, 9.17) is 11.6 Å². The molecule has 0 aliphatic heterocycles. The fourth-order valence-corrected chi connectivity index (χ4v) is 3.19. The van der Waals surface area contributed by atoms with Gasteiger partial charge in [0.25, 0.3) is 0 Å². The van der Waals surface area contributed by atoms with E-state index >= 15 is 0 Å². The Labute approximate surface area is 145 Å². The zero-order valence-corrected chi connectivity index (χ0v) is 15.5. The molecule has 0 radical (unpaired) electrons. The minimum atomic E-state index is -0.707. The van der Waals surface area contributed by atoms with Crippen LogP contribution in [0.4, 0.5) is 0 Å². The van der Waals surface area contributed by atoms with Gasteiger partial charge in [-0.25, -0.2) is 0 Å². The number of benzene rings is 1. The predicted molar refractivity (Wildman–Crippen MR) is 97.1 cm³/mol. The molecule has 1 atom stereocenters. The quantitative estimate of drug-likeness (QED) is 0.645. The molecule has 1 aromatic rings. The Morgan fingerprint density at radius 1 is 1.30 bits per heavy atom. The zero-order chi connectivity index (χ0) is 17.5. The van der Waals surface area contributed by atoms with Gasteiger partial charge >= 0.3 is 5.97 Å². The van der Waals surface area contributed by atoms with Crippen molar-refractivity contribution >= 4 is 17.6 Å². The van der Waals surface area contributed by atoms with Gasteiger partial charge in [0, 0.05) is 17.6 Å². The average Bonchev–Trinajstić information content (AvgIpc) is 2.47. The Balaban J connectivity index is 2.80. The van der Waals surface area contributed by atoms with E-state index in [0.29, 0.717) is 25.3 Å². The number of aliphatic carboxylic acids is 1. The highest BCUT2D eigenvalue weighted by molar-refractivity contribution is 6.30. The van der Waals surface area contributed by atoms with E-state index in [2.05, 4.69) is 25.2 Å². The molecule has 1 unspecified atom stereocenters. The van der Waals surface area contributed by atoms with Crippen LogP contribution in [0.25, 0.3) is 0 Å². The van der Waals surface area contributed by atoms with Crippen molar-refractivity contribution in [3.63, 3.8) is 0 Å². The molecule has 0 amide bonds. The van der Waals surface area contributed by atoms with Gasteiger partial charge in [-0.15, -0.1) is 0 Å². The zero-order valence-electron chi connectivity index (χ0n) is 14.7. The van der Waals surface area contributed by atoms with Crippen molar-refractivity contribution < 1.29 is 9.90 Å². The molecular formula is C19H30ClNO2. The van der Waals surface area contributed by atoms with Crippen LogP contribution in [0.5, 0.6) is 0 Å². The Morgan fingerprint density at radius 3 is 2.43 bits per heavy atom. The molecule has 0 saturated heterocycles. The first-order chi connectivity index (χ1) is 10.8. The molecule has 0 heterocycles. The van der Waals surface area contributed by atoms with Crippen molar-refractivity contribution in [3.05, 3.63) is 34.9 Å². The van der Waals surface area contributed by atoms with Gasteiger partial charge in [-0.2, -0.15) is 0 Å². The molecule has 0 spiro atoms. The number of carboxylic acids is 1.